The maximum atomic E-state index is 13.3. The van der Waals surface area contributed by atoms with Gasteiger partial charge in [0.05, 0.1) is 5.60 Å². The first kappa shape index (κ1) is 15.4. The van der Waals surface area contributed by atoms with E-state index in [1.807, 2.05) is 0 Å². The third kappa shape index (κ3) is 5.33. The highest BCUT2D eigenvalue weighted by Gasteiger charge is 2.16. The molecule has 2 nitrogen and oxygen atoms in total. The smallest absolute Gasteiger partial charge is 0.136 e. The summed E-state index contributed by atoms with van der Waals surface area (Å²) in [6.07, 6.45) is 2.26. The van der Waals surface area contributed by atoms with Crippen molar-refractivity contribution in [1.82, 2.24) is 0 Å². The lowest BCUT2D eigenvalue weighted by atomic mass is 10.00. The Morgan fingerprint density at radius 3 is 2.72 bits per heavy atom. The Kier molecular flexibility index (Phi) is 6.05. The fourth-order valence-corrected chi connectivity index (χ4v) is 2.45. The molecule has 1 atom stereocenters. The first-order valence-corrected chi connectivity index (χ1v) is 6.93. The molecule has 1 unspecified atom stereocenters. The zero-order chi connectivity index (χ0) is 13.6. The Bertz CT molecular complexity index is 385. The second-order valence-corrected chi connectivity index (χ2v) is 5.72. The van der Waals surface area contributed by atoms with E-state index >= 15 is 0 Å². The third-order valence-corrected chi connectivity index (χ3v) is 3.82. The van der Waals surface area contributed by atoms with Gasteiger partial charge in [-0.3, -0.25) is 0 Å². The van der Waals surface area contributed by atoms with Crippen LogP contribution < -0.4 is 5.73 Å². The molecule has 3 N–H and O–H groups in total. The van der Waals surface area contributed by atoms with Crippen molar-refractivity contribution in [3.05, 3.63) is 29.8 Å². The zero-order valence-electron chi connectivity index (χ0n) is 10.5. The Morgan fingerprint density at radius 2 is 2.06 bits per heavy atom. The molecule has 0 fully saturated rings. The fraction of sp³-hybridized carbons (Fsp3) is 0.538. The van der Waals surface area contributed by atoms with Gasteiger partial charge in [-0.2, -0.15) is 0 Å². The van der Waals surface area contributed by atoms with Crippen LogP contribution in [-0.4, -0.2) is 23.0 Å². The SMILES string of the molecule is CC(O)(CN)CCCCSc1cc(F)ccc1F. The van der Waals surface area contributed by atoms with Crippen molar-refractivity contribution in [2.75, 3.05) is 12.3 Å². The van der Waals surface area contributed by atoms with Crippen LogP contribution in [-0.2, 0) is 0 Å². The summed E-state index contributed by atoms with van der Waals surface area (Å²) in [5, 5.41) is 9.68. The second-order valence-electron chi connectivity index (χ2n) is 4.58. The number of thioether (sulfide) groups is 1. The molecule has 0 spiro atoms. The first-order valence-electron chi connectivity index (χ1n) is 5.95. The predicted molar refractivity (Wildman–Crippen MR) is 70.6 cm³/mol. The van der Waals surface area contributed by atoms with Gasteiger partial charge >= 0.3 is 0 Å². The molecule has 0 aliphatic rings. The van der Waals surface area contributed by atoms with E-state index in [0.29, 0.717) is 17.1 Å². The summed E-state index contributed by atoms with van der Waals surface area (Å²) >= 11 is 1.29. The van der Waals surface area contributed by atoms with Gasteiger partial charge in [-0.05, 0) is 50.1 Å². The second kappa shape index (κ2) is 7.07. The van der Waals surface area contributed by atoms with Crippen LogP contribution in [0.2, 0.25) is 0 Å². The Hall–Kier alpha value is -0.650. The Morgan fingerprint density at radius 1 is 1.33 bits per heavy atom. The summed E-state index contributed by atoms with van der Waals surface area (Å²) in [6.45, 7) is 1.94. The molecule has 0 aliphatic carbocycles. The van der Waals surface area contributed by atoms with Crippen molar-refractivity contribution < 1.29 is 13.9 Å². The highest BCUT2D eigenvalue weighted by Crippen LogP contribution is 2.24. The summed E-state index contributed by atoms with van der Waals surface area (Å²) in [6, 6.07) is 3.45. The van der Waals surface area contributed by atoms with Crippen LogP contribution >= 0.6 is 11.8 Å². The lowest BCUT2D eigenvalue weighted by Crippen LogP contribution is -2.33. The van der Waals surface area contributed by atoms with Gasteiger partial charge in [0.25, 0.3) is 0 Å². The average molecular weight is 275 g/mol. The molecule has 0 aromatic heterocycles. The summed E-state index contributed by atoms with van der Waals surface area (Å²) in [7, 11) is 0. The fourth-order valence-electron chi connectivity index (χ4n) is 1.48. The van der Waals surface area contributed by atoms with Crippen molar-refractivity contribution in [3.8, 4) is 0 Å². The molecule has 102 valence electrons. The molecular weight excluding hydrogens is 256 g/mol. The van der Waals surface area contributed by atoms with E-state index in [-0.39, 0.29) is 6.54 Å². The Balaban J connectivity index is 2.28. The van der Waals surface area contributed by atoms with Crippen LogP contribution in [0, 0.1) is 11.6 Å². The molecule has 0 aliphatic heterocycles. The van der Waals surface area contributed by atoms with Crippen molar-refractivity contribution in [1.29, 1.82) is 0 Å². The zero-order valence-corrected chi connectivity index (χ0v) is 11.3. The van der Waals surface area contributed by atoms with Gasteiger partial charge < -0.3 is 10.8 Å². The summed E-state index contributed by atoms with van der Waals surface area (Å²) in [4.78, 5) is 0.334. The minimum atomic E-state index is -0.825. The van der Waals surface area contributed by atoms with Crippen LogP contribution in [0.15, 0.2) is 23.1 Å². The Labute approximate surface area is 111 Å². The van der Waals surface area contributed by atoms with Gasteiger partial charge in [0, 0.05) is 11.4 Å². The molecular formula is C13H19F2NOS. The minimum Gasteiger partial charge on any atom is -0.389 e. The van der Waals surface area contributed by atoms with Crippen molar-refractivity contribution in [3.63, 3.8) is 0 Å². The van der Waals surface area contributed by atoms with Crippen LogP contribution in [0.5, 0.6) is 0 Å². The van der Waals surface area contributed by atoms with Crippen molar-refractivity contribution >= 4 is 11.8 Å². The van der Waals surface area contributed by atoms with Gasteiger partial charge in [0.15, 0.2) is 0 Å². The van der Waals surface area contributed by atoms with Crippen LogP contribution in [0.3, 0.4) is 0 Å². The molecule has 0 bridgehead atoms. The summed E-state index contributed by atoms with van der Waals surface area (Å²) in [5.74, 6) is -0.124. The molecule has 1 aromatic carbocycles. The largest absolute Gasteiger partial charge is 0.389 e. The minimum absolute atomic E-state index is 0.235. The number of unbranched alkanes of at least 4 members (excludes halogenated alkanes) is 1. The maximum absolute atomic E-state index is 13.3. The maximum Gasteiger partial charge on any atom is 0.136 e. The van der Waals surface area contributed by atoms with E-state index < -0.39 is 17.2 Å². The van der Waals surface area contributed by atoms with Crippen LogP contribution in [0.4, 0.5) is 8.78 Å². The number of hydrogen-bond donors (Lipinski definition) is 2. The van der Waals surface area contributed by atoms with Crippen LogP contribution in [0.1, 0.15) is 26.2 Å². The van der Waals surface area contributed by atoms with E-state index in [1.165, 1.54) is 17.8 Å². The molecule has 0 saturated heterocycles. The lowest BCUT2D eigenvalue weighted by Gasteiger charge is -2.20. The molecule has 1 rings (SSSR count). The normalized spacial score (nSPS) is 14.5. The van der Waals surface area contributed by atoms with E-state index in [2.05, 4.69) is 0 Å². The van der Waals surface area contributed by atoms with Crippen molar-refractivity contribution in [2.45, 2.75) is 36.7 Å². The topological polar surface area (TPSA) is 46.2 Å². The monoisotopic (exact) mass is 275 g/mol. The average Bonchev–Trinajstić information content (AvgIpc) is 2.33. The lowest BCUT2D eigenvalue weighted by molar-refractivity contribution is 0.0577. The number of benzene rings is 1. The highest BCUT2D eigenvalue weighted by atomic mass is 32.2. The molecule has 0 heterocycles. The number of halogens is 2. The predicted octanol–water partition coefficient (Wildman–Crippen LogP) is 2.94. The van der Waals surface area contributed by atoms with Gasteiger partial charge in [-0.1, -0.05) is 0 Å². The third-order valence-electron chi connectivity index (χ3n) is 2.70. The van der Waals surface area contributed by atoms with Crippen molar-refractivity contribution in [2.24, 2.45) is 5.73 Å². The van der Waals surface area contributed by atoms with E-state index in [9.17, 15) is 13.9 Å². The standard InChI is InChI=1S/C13H19F2NOS/c1-13(17,9-16)6-2-3-7-18-12-8-10(14)4-5-11(12)15/h4-5,8,17H,2-3,6-7,9,16H2,1H3. The van der Waals surface area contributed by atoms with Crippen LogP contribution in [0.25, 0.3) is 0 Å². The van der Waals surface area contributed by atoms with Gasteiger partial charge in [0.2, 0.25) is 0 Å². The molecule has 0 radical (unpaired) electrons. The number of rotatable bonds is 7. The molecule has 0 amide bonds. The number of hydrogen-bond acceptors (Lipinski definition) is 3. The molecule has 5 heteroatoms. The summed E-state index contributed by atoms with van der Waals surface area (Å²) in [5.41, 5.74) is 4.58. The number of aliphatic hydroxyl groups is 1. The van der Waals surface area contributed by atoms with E-state index in [4.69, 9.17) is 5.73 Å². The quantitative estimate of drug-likeness (QED) is 0.594. The van der Waals surface area contributed by atoms with Gasteiger partial charge in [-0.15, -0.1) is 11.8 Å². The van der Waals surface area contributed by atoms with E-state index in [0.717, 1.165) is 25.0 Å². The van der Waals surface area contributed by atoms with E-state index in [1.54, 1.807) is 6.92 Å². The molecule has 0 saturated carbocycles. The highest BCUT2D eigenvalue weighted by molar-refractivity contribution is 7.99. The number of nitrogens with two attached hydrogens (primary N) is 1. The first-order chi connectivity index (χ1) is 8.44. The van der Waals surface area contributed by atoms with Gasteiger partial charge in [0.1, 0.15) is 11.6 Å². The summed E-state index contributed by atoms with van der Waals surface area (Å²) < 4.78 is 26.2. The molecule has 1 aromatic rings. The van der Waals surface area contributed by atoms with Gasteiger partial charge in [-0.25, -0.2) is 8.78 Å². The molecule has 18 heavy (non-hydrogen) atoms.